The van der Waals surface area contributed by atoms with Crippen molar-refractivity contribution in [2.45, 2.75) is 38.0 Å². The van der Waals surface area contributed by atoms with E-state index in [0.717, 1.165) is 18.4 Å². The zero-order chi connectivity index (χ0) is 11.4. The molecule has 84 valence electrons. The smallest absolute Gasteiger partial charge is 0.0991 e. The molecule has 1 aromatic rings. The quantitative estimate of drug-likeness (QED) is 0.840. The molecular formula is C13H16N2O. The van der Waals surface area contributed by atoms with Gasteiger partial charge in [-0.05, 0) is 37.0 Å². The van der Waals surface area contributed by atoms with Crippen LogP contribution in [0.2, 0.25) is 0 Å². The van der Waals surface area contributed by atoms with Crippen LogP contribution in [-0.4, -0.2) is 12.1 Å². The Labute approximate surface area is 95.8 Å². The zero-order valence-corrected chi connectivity index (χ0v) is 9.23. The summed E-state index contributed by atoms with van der Waals surface area (Å²) in [6.07, 6.45) is 3.50. The van der Waals surface area contributed by atoms with Crippen molar-refractivity contribution in [1.29, 1.82) is 5.26 Å². The third-order valence-electron chi connectivity index (χ3n) is 3.05. The van der Waals surface area contributed by atoms with Gasteiger partial charge in [-0.3, -0.25) is 0 Å². The average molecular weight is 216 g/mol. The highest BCUT2D eigenvalue weighted by atomic mass is 16.5. The fraction of sp³-hybridized carbons (Fsp3) is 0.462. The molecule has 16 heavy (non-hydrogen) atoms. The van der Waals surface area contributed by atoms with Crippen molar-refractivity contribution in [3.05, 3.63) is 35.4 Å². The number of benzene rings is 1. The minimum atomic E-state index is 0.193. The molecule has 0 aliphatic heterocycles. The maximum Gasteiger partial charge on any atom is 0.0991 e. The number of rotatable bonds is 3. The van der Waals surface area contributed by atoms with E-state index in [2.05, 4.69) is 6.07 Å². The van der Waals surface area contributed by atoms with Gasteiger partial charge in [0.1, 0.15) is 0 Å². The van der Waals surface area contributed by atoms with E-state index in [1.165, 1.54) is 6.42 Å². The Kier molecular flexibility index (Phi) is 3.55. The first kappa shape index (κ1) is 11.1. The molecule has 0 bridgehead atoms. The van der Waals surface area contributed by atoms with Crippen molar-refractivity contribution in [3.63, 3.8) is 0 Å². The van der Waals surface area contributed by atoms with Crippen LogP contribution in [0.4, 0.5) is 0 Å². The Bertz CT molecular complexity index is 380. The predicted molar refractivity (Wildman–Crippen MR) is 61.6 cm³/mol. The molecule has 1 saturated carbocycles. The molecule has 0 spiro atoms. The van der Waals surface area contributed by atoms with Gasteiger partial charge in [0.25, 0.3) is 0 Å². The van der Waals surface area contributed by atoms with Crippen LogP contribution in [0.25, 0.3) is 0 Å². The van der Waals surface area contributed by atoms with Crippen LogP contribution in [0.15, 0.2) is 24.3 Å². The van der Waals surface area contributed by atoms with Crippen molar-refractivity contribution in [1.82, 2.24) is 0 Å². The first-order valence-electron chi connectivity index (χ1n) is 5.66. The molecule has 2 atom stereocenters. The zero-order valence-electron chi connectivity index (χ0n) is 9.23. The molecule has 1 fully saturated rings. The van der Waals surface area contributed by atoms with Crippen molar-refractivity contribution < 1.29 is 4.74 Å². The topological polar surface area (TPSA) is 59.0 Å². The Morgan fingerprint density at radius 1 is 1.31 bits per heavy atom. The third-order valence-corrected chi connectivity index (χ3v) is 3.05. The molecule has 0 heterocycles. The lowest BCUT2D eigenvalue weighted by Gasteiger charge is -2.16. The van der Waals surface area contributed by atoms with Gasteiger partial charge in [0.2, 0.25) is 0 Å². The van der Waals surface area contributed by atoms with Gasteiger partial charge in [0.15, 0.2) is 0 Å². The lowest BCUT2D eigenvalue weighted by atomic mass is 10.1. The summed E-state index contributed by atoms with van der Waals surface area (Å²) in [6, 6.07) is 9.78. The number of nitrogens with two attached hydrogens (primary N) is 1. The molecule has 2 rings (SSSR count). The highest BCUT2D eigenvalue weighted by Gasteiger charge is 2.24. The lowest BCUT2D eigenvalue weighted by molar-refractivity contribution is 0.0357. The van der Waals surface area contributed by atoms with Crippen molar-refractivity contribution >= 4 is 0 Å². The monoisotopic (exact) mass is 216 g/mol. The van der Waals surface area contributed by atoms with E-state index in [1.807, 2.05) is 24.3 Å². The summed E-state index contributed by atoms with van der Waals surface area (Å²) in [6.45, 7) is 0.587. The summed E-state index contributed by atoms with van der Waals surface area (Å²) < 4.78 is 5.77. The van der Waals surface area contributed by atoms with E-state index >= 15 is 0 Å². The van der Waals surface area contributed by atoms with E-state index < -0.39 is 0 Å². The van der Waals surface area contributed by atoms with Gasteiger partial charge in [-0.15, -0.1) is 0 Å². The van der Waals surface area contributed by atoms with Crippen LogP contribution in [0, 0.1) is 11.3 Å². The molecule has 1 aromatic carbocycles. The Balaban J connectivity index is 1.87. The number of nitriles is 1. The fourth-order valence-corrected chi connectivity index (χ4v) is 2.04. The molecule has 0 amide bonds. The van der Waals surface area contributed by atoms with Crippen LogP contribution < -0.4 is 5.73 Å². The molecule has 0 aromatic heterocycles. The van der Waals surface area contributed by atoms with Gasteiger partial charge in [0, 0.05) is 6.04 Å². The summed E-state index contributed by atoms with van der Waals surface area (Å²) in [5.41, 5.74) is 7.70. The predicted octanol–water partition coefficient (Wildman–Crippen LogP) is 1.95. The Morgan fingerprint density at radius 2 is 2.06 bits per heavy atom. The SMILES string of the molecule is N#Cc1ccc(COC2CCCC2N)cc1. The van der Waals surface area contributed by atoms with E-state index in [9.17, 15) is 0 Å². The van der Waals surface area contributed by atoms with Gasteiger partial charge >= 0.3 is 0 Å². The summed E-state index contributed by atoms with van der Waals surface area (Å²) in [5, 5.41) is 8.67. The molecule has 2 unspecified atom stereocenters. The standard InChI is InChI=1S/C13H16N2O/c14-8-10-4-6-11(7-5-10)9-16-13-3-1-2-12(13)15/h4-7,12-13H,1-3,9,15H2. The third kappa shape index (κ3) is 2.60. The summed E-state index contributed by atoms with van der Waals surface area (Å²) in [4.78, 5) is 0. The van der Waals surface area contributed by atoms with Crippen LogP contribution in [0.1, 0.15) is 30.4 Å². The van der Waals surface area contributed by atoms with Crippen LogP contribution in [0.3, 0.4) is 0 Å². The highest BCUT2D eigenvalue weighted by molar-refractivity contribution is 5.31. The van der Waals surface area contributed by atoms with Gasteiger partial charge in [-0.25, -0.2) is 0 Å². The van der Waals surface area contributed by atoms with Crippen molar-refractivity contribution in [2.24, 2.45) is 5.73 Å². The van der Waals surface area contributed by atoms with E-state index in [-0.39, 0.29) is 12.1 Å². The van der Waals surface area contributed by atoms with Crippen molar-refractivity contribution in [2.75, 3.05) is 0 Å². The Morgan fingerprint density at radius 3 is 2.62 bits per heavy atom. The van der Waals surface area contributed by atoms with Gasteiger partial charge < -0.3 is 10.5 Å². The minimum Gasteiger partial charge on any atom is -0.372 e. The second kappa shape index (κ2) is 5.11. The highest BCUT2D eigenvalue weighted by Crippen LogP contribution is 2.21. The van der Waals surface area contributed by atoms with Crippen LogP contribution in [-0.2, 0) is 11.3 Å². The molecule has 1 aliphatic carbocycles. The normalized spacial score (nSPS) is 24.2. The average Bonchev–Trinajstić information content (AvgIpc) is 2.73. The van der Waals surface area contributed by atoms with E-state index in [4.69, 9.17) is 15.7 Å². The number of nitrogens with zero attached hydrogens (tertiary/aromatic N) is 1. The number of hydrogen-bond acceptors (Lipinski definition) is 3. The maximum absolute atomic E-state index is 8.67. The van der Waals surface area contributed by atoms with Gasteiger partial charge in [0.05, 0.1) is 24.3 Å². The first-order chi connectivity index (χ1) is 7.79. The summed E-state index contributed by atoms with van der Waals surface area (Å²) in [5.74, 6) is 0. The molecule has 0 saturated heterocycles. The fourth-order valence-electron chi connectivity index (χ4n) is 2.04. The minimum absolute atomic E-state index is 0.193. The van der Waals surface area contributed by atoms with Crippen LogP contribution >= 0.6 is 0 Å². The van der Waals surface area contributed by atoms with E-state index in [0.29, 0.717) is 12.2 Å². The summed E-state index contributed by atoms with van der Waals surface area (Å²) >= 11 is 0. The molecule has 3 heteroatoms. The molecule has 2 N–H and O–H groups in total. The first-order valence-corrected chi connectivity index (χ1v) is 5.66. The largest absolute Gasteiger partial charge is 0.372 e. The molecule has 0 radical (unpaired) electrons. The Hall–Kier alpha value is -1.37. The second-order valence-electron chi connectivity index (χ2n) is 4.25. The van der Waals surface area contributed by atoms with E-state index in [1.54, 1.807) is 0 Å². The second-order valence-corrected chi connectivity index (χ2v) is 4.25. The molecular weight excluding hydrogens is 200 g/mol. The van der Waals surface area contributed by atoms with Crippen LogP contribution in [0.5, 0.6) is 0 Å². The van der Waals surface area contributed by atoms with Gasteiger partial charge in [-0.2, -0.15) is 5.26 Å². The molecule has 1 aliphatic rings. The van der Waals surface area contributed by atoms with Gasteiger partial charge in [-0.1, -0.05) is 12.1 Å². The maximum atomic E-state index is 8.67. The summed E-state index contributed by atoms with van der Waals surface area (Å²) in [7, 11) is 0. The lowest BCUT2D eigenvalue weighted by Crippen LogP contribution is -2.31. The number of hydrogen-bond donors (Lipinski definition) is 1. The van der Waals surface area contributed by atoms with Crippen molar-refractivity contribution in [3.8, 4) is 6.07 Å². The molecule has 3 nitrogen and oxygen atoms in total. The number of ether oxygens (including phenoxy) is 1.